The first kappa shape index (κ1) is 14.1. The van der Waals surface area contributed by atoms with E-state index in [4.69, 9.17) is 0 Å². The number of carbonyl (C=O) groups excluding carboxylic acids is 2. The average molecular weight is 269 g/mol. The summed E-state index contributed by atoms with van der Waals surface area (Å²) in [5.41, 5.74) is 0. The van der Waals surface area contributed by atoms with E-state index in [1.54, 1.807) is 4.90 Å². The van der Waals surface area contributed by atoms with Crippen LogP contribution in [0.2, 0.25) is 0 Å². The minimum atomic E-state index is -0.301. The topological polar surface area (TPSA) is 61.9 Å². The Morgan fingerprint density at radius 3 is 2.26 bits per heavy atom. The fourth-order valence-electron chi connectivity index (χ4n) is 2.73. The van der Waals surface area contributed by atoms with Gasteiger partial charge in [-0.2, -0.15) is 0 Å². The summed E-state index contributed by atoms with van der Waals surface area (Å²) in [4.78, 5) is 27.1. The highest BCUT2D eigenvalue weighted by Gasteiger charge is 2.26. The van der Waals surface area contributed by atoms with Crippen molar-refractivity contribution in [3.63, 3.8) is 0 Å². The highest BCUT2D eigenvalue weighted by molar-refractivity contribution is 5.77. The number of methoxy groups -OCH3 is 1. The van der Waals surface area contributed by atoms with Gasteiger partial charge in [0.25, 0.3) is 0 Å². The molecule has 108 valence electrons. The molecule has 2 rings (SSSR count). The fraction of sp³-hybridized carbons (Fsp3) is 0.846. The molecule has 2 amide bonds. The Morgan fingerprint density at radius 2 is 1.68 bits per heavy atom. The van der Waals surface area contributed by atoms with Crippen LogP contribution in [0.1, 0.15) is 19.3 Å². The Kier molecular flexibility index (Phi) is 5.01. The summed E-state index contributed by atoms with van der Waals surface area (Å²) >= 11 is 0. The van der Waals surface area contributed by atoms with Crippen molar-refractivity contribution in [3.05, 3.63) is 0 Å². The average Bonchev–Trinajstić information content (AvgIpc) is 2.47. The molecule has 0 aromatic carbocycles. The molecule has 19 heavy (non-hydrogen) atoms. The molecule has 6 nitrogen and oxygen atoms in total. The van der Waals surface area contributed by atoms with Gasteiger partial charge in [0.15, 0.2) is 0 Å². The Bertz CT molecular complexity index is 321. The molecular formula is C13H23N3O3. The lowest BCUT2D eigenvalue weighted by molar-refractivity contribution is -0.134. The molecule has 2 aliphatic rings. The number of carbonyl (C=O) groups is 2. The lowest BCUT2D eigenvalue weighted by atomic mass is 9.94. The molecule has 1 N–H and O–H groups in total. The number of piperazine rings is 1. The van der Waals surface area contributed by atoms with E-state index in [0.29, 0.717) is 38.5 Å². The minimum Gasteiger partial charge on any atom is -0.453 e. The zero-order valence-electron chi connectivity index (χ0n) is 11.6. The van der Waals surface area contributed by atoms with Crippen molar-refractivity contribution in [3.8, 4) is 0 Å². The monoisotopic (exact) mass is 269 g/mol. The van der Waals surface area contributed by atoms with Crippen LogP contribution in [0, 0.1) is 5.92 Å². The molecule has 2 heterocycles. The van der Waals surface area contributed by atoms with Crippen molar-refractivity contribution in [1.82, 2.24) is 15.1 Å². The van der Waals surface area contributed by atoms with Crippen LogP contribution in [-0.4, -0.2) is 68.2 Å². The predicted molar refractivity (Wildman–Crippen MR) is 70.8 cm³/mol. The van der Waals surface area contributed by atoms with Crippen LogP contribution >= 0.6 is 0 Å². The number of ether oxygens (including phenoxy) is 1. The number of piperidine rings is 1. The molecule has 0 radical (unpaired) electrons. The molecule has 0 saturated carbocycles. The third-order valence-electron chi connectivity index (χ3n) is 3.99. The summed E-state index contributed by atoms with van der Waals surface area (Å²) in [6.07, 6.45) is 2.53. The van der Waals surface area contributed by atoms with E-state index < -0.39 is 0 Å². The highest BCUT2D eigenvalue weighted by Crippen LogP contribution is 2.18. The van der Waals surface area contributed by atoms with Gasteiger partial charge in [-0.3, -0.25) is 4.79 Å². The Hall–Kier alpha value is -1.30. The van der Waals surface area contributed by atoms with Crippen LogP contribution < -0.4 is 5.32 Å². The summed E-state index contributed by atoms with van der Waals surface area (Å²) in [5.74, 6) is 0.754. The van der Waals surface area contributed by atoms with Gasteiger partial charge in [-0.15, -0.1) is 0 Å². The molecule has 0 atom stereocenters. The van der Waals surface area contributed by atoms with E-state index >= 15 is 0 Å². The van der Waals surface area contributed by atoms with Crippen LogP contribution in [0.3, 0.4) is 0 Å². The van der Waals surface area contributed by atoms with E-state index in [9.17, 15) is 9.59 Å². The number of hydrogen-bond acceptors (Lipinski definition) is 4. The van der Waals surface area contributed by atoms with Crippen LogP contribution in [0.25, 0.3) is 0 Å². The van der Waals surface area contributed by atoms with Crippen molar-refractivity contribution < 1.29 is 14.3 Å². The first-order valence-corrected chi connectivity index (χ1v) is 7.02. The van der Waals surface area contributed by atoms with Crippen molar-refractivity contribution >= 4 is 12.0 Å². The quantitative estimate of drug-likeness (QED) is 0.782. The molecule has 0 bridgehead atoms. The molecule has 2 aliphatic heterocycles. The summed E-state index contributed by atoms with van der Waals surface area (Å²) in [5, 5.41) is 3.31. The standard InChI is InChI=1S/C13H23N3O3/c1-19-13(18)16-8-6-15(7-9-16)12(17)10-11-2-4-14-5-3-11/h11,14H,2-10H2,1H3. The van der Waals surface area contributed by atoms with Gasteiger partial charge in [0.05, 0.1) is 7.11 Å². The molecule has 0 aromatic heterocycles. The number of nitrogens with zero attached hydrogens (tertiary/aromatic N) is 2. The molecule has 0 aromatic rings. The first-order chi connectivity index (χ1) is 9.20. The van der Waals surface area contributed by atoms with E-state index in [2.05, 4.69) is 10.1 Å². The third-order valence-corrected chi connectivity index (χ3v) is 3.99. The molecule has 0 spiro atoms. The molecular weight excluding hydrogens is 246 g/mol. The van der Waals surface area contributed by atoms with E-state index in [1.807, 2.05) is 4.90 Å². The first-order valence-electron chi connectivity index (χ1n) is 7.02. The molecule has 0 unspecified atom stereocenters. The van der Waals surface area contributed by atoms with Crippen LogP contribution in [0.15, 0.2) is 0 Å². The second kappa shape index (κ2) is 6.75. The largest absolute Gasteiger partial charge is 0.453 e. The van der Waals surface area contributed by atoms with Crippen LogP contribution in [0.5, 0.6) is 0 Å². The number of hydrogen-bond donors (Lipinski definition) is 1. The zero-order chi connectivity index (χ0) is 13.7. The van der Waals surface area contributed by atoms with Gasteiger partial charge in [-0.05, 0) is 31.8 Å². The summed E-state index contributed by atoms with van der Waals surface area (Å²) in [7, 11) is 1.39. The number of nitrogens with one attached hydrogen (secondary N) is 1. The van der Waals surface area contributed by atoms with E-state index in [1.165, 1.54) is 7.11 Å². The van der Waals surface area contributed by atoms with Gasteiger partial charge < -0.3 is 19.9 Å². The second-order valence-corrected chi connectivity index (χ2v) is 5.24. The number of rotatable bonds is 2. The van der Waals surface area contributed by atoms with Crippen LogP contribution in [-0.2, 0) is 9.53 Å². The maximum absolute atomic E-state index is 12.2. The summed E-state index contributed by atoms with van der Waals surface area (Å²) in [6, 6.07) is 0. The van der Waals surface area contributed by atoms with Gasteiger partial charge in [0.2, 0.25) is 5.91 Å². The molecule has 6 heteroatoms. The Morgan fingerprint density at radius 1 is 1.11 bits per heavy atom. The summed E-state index contributed by atoms with van der Waals surface area (Å²) in [6.45, 7) is 4.44. The van der Waals surface area contributed by atoms with Crippen molar-refractivity contribution in [2.75, 3.05) is 46.4 Å². The Labute approximate surface area is 114 Å². The second-order valence-electron chi connectivity index (χ2n) is 5.24. The third kappa shape index (κ3) is 3.83. The predicted octanol–water partition coefficient (Wildman–Crippen LogP) is 0.287. The van der Waals surface area contributed by atoms with E-state index in [-0.39, 0.29) is 12.0 Å². The van der Waals surface area contributed by atoms with E-state index in [0.717, 1.165) is 25.9 Å². The molecule has 0 aliphatic carbocycles. The normalized spacial score (nSPS) is 21.3. The summed E-state index contributed by atoms with van der Waals surface area (Å²) < 4.78 is 4.68. The smallest absolute Gasteiger partial charge is 0.409 e. The lowest BCUT2D eigenvalue weighted by Crippen LogP contribution is -2.51. The number of amides is 2. The van der Waals surface area contributed by atoms with Crippen molar-refractivity contribution in [2.24, 2.45) is 5.92 Å². The maximum Gasteiger partial charge on any atom is 0.409 e. The van der Waals surface area contributed by atoms with Crippen LogP contribution in [0.4, 0.5) is 4.79 Å². The van der Waals surface area contributed by atoms with Crippen molar-refractivity contribution in [2.45, 2.75) is 19.3 Å². The lowest BCUT2D eigenvalue weighted by Gasteiger charge is -2.35. The van der Waals surface area contributed by atoms with Gasteiger partial charge in [-0.1, -0.05) is 0 Å². The van der Waals surface area contributed by atoms with Gasteiger partial charge in [0.1, 0.15) is 0 Å². The SMILES string of the molecule is COC(=O)N1CCN(C(=O)CC2CCNCC2)CC1. The highest BCUT2D eigenvalue weighted by atomic mass is 16.5. The molecule has 2 saturated heterocycles. The zero-order valence-corrected chi connectivity index (χ0v) is 11.6. The van der Waals surface area contributed by atoms with Crippen molar-refractivity contribution in [1.29, 1.82) is 0 Å². The fourth-order valence-corrected chi connectivity index (χ4v) is 2.73. The van der Waals surface area contributed by atoms with Gasteiger partial charge >= 0.3 is 6.09 Å². The maximum atomic E-state index is 12.2. The van der Waals surface area contributed by atoms with Gasteiger partial charge in [0, 0.05) is 32.6 Å². The Balaban J connectivity index is 1.74. The minimum absolute atomic E-state index is 0.233. The van der Waals surface area contributed by atoms with Gasteiger partial charge in [-0.25, -0.2) is 4.79 Å². The molecule has 2 fully saturated rings.